The average molecular weight is 150 g/mol. The minimum Gasteiger partial charge on any atom is -0.501 e. The third-order valence-corrected chi connectivity index (χ3v) is 2.73. The van der Waals surface area contributed by atoms with Gasteiger partial charge in [-0.2, -0.15) is 0 Å². The first-order valence-corrected chi connectivity index (χ1v) is 4.31. The Kier molecular flexibility index (Phi) is 1.72. The maximum Gasteiger partial charge on any atom is 0.0919 e. The maximum atomic E-state index is 5.23. The Bertz CT molecular complexity index is 203. The van der Waals surface area contributed by atoms with Gasteiger partial charge >= 0.3 is 0 Å². The summed E-state index contributed by atoms with van der Waals surface area (Å²) in [5.74, 6) is 2.75. The van der Waals surface area contributed by atoms with E-state index in [1.807, 2.05) is 0 Å². The third kappa shape index (κ3) is 1.20. The van der Waals surface area contributed by atoms with Crippen LogP contribution < -0.4 is 0 Å². The number of fused-ring (bicyclic) bond motifs is 1. The van der Waals surface area contributed by atoms with Gasteiger partial charge in [0.15, 0.2) is 0 Å². The van der Waals surface area contributed by atoms with Crippen LogP contribution in [-0.2, 0) is 4.74 Å². The van der Waals surface area contributed by atoms with Crippen LogP contribution in [0.5, 0.6) is 0 Å². The van der Waals surface area contributed by atoms with Gasteiger partial charge in [0.25, 0.3) is 0 Å². The summed E-state index contributed by atoms with van der Waals surface area (Å²) in [5.41, 5.74) is 0. The zero-order chi connectivity index (χ0) is 7.68. The van der Waals surface area contributed by atoms with E-state index < -0.39 is 0 Å². The molecule has 2 aliphatic rings. The first-order chi connectivity index (χ1) is 5.40. The first kappa shape index (κ1) is 6.96. The standard InChI is InChI=1S/C10H14O/c1-11-10-6-5-8-3-2-4-9(8)7-10/h2-3,7-9H,4-6H2,1H3/t8-,9+/m0/s1. The lowest BCUT2D eigenvalue weighted by atomic mass is 9.86. The second kappa shape index (κ2) is 2.72. The van der Waals surface area contributed by atoms with Gasteiger partial charge in [-0.1, -0.05) is 12.2 Å². The molecule has 0 aliphatic heterocycles. The van der Waals surface area contributed by atoms with Crippen LogP contribution in [0.25, 0.3) is 0 Å². The van der Waals surface area contributed by atoms with Gasteiger partial charge in [-0.3, -0.25) is 0 Å². The zero-order valence-electron chi connectivity index (χ0n) is 6.92. The summed E-state index contributed by atoms with van der Waals surface area (Å²) < 4.78 is 5.23. The van der Waals surface area contributed by atoms with Crippen LogP contribution in [0.1, 0.15) is 19.3 Å². The molecule has 60 valence electrons. The molecule has 0 saturated carbocycles. The van der Waals surface area contributed by atoms with Gasteiger partial charge in [-0.15, -0.1) is 0 Å². The lowest BCUT2D eigenvalue weighted by molar-refractivity contribution is 0.247. The maximum absolute atomic E-state index is 5.23. The SMILES string of the molecule is COC1=C[C@H]2CC=C[C@H]2CC1. The molecule has 0 heterocycles. The van der Waals surface area contributed by atoms with Crippen LogP contribution in [0, 0.1) is 11.8 Å². The normalized spacial score (nSPS) is 34.8. The average Bonchev–Trinajstić information content (AvgIpc) is 2.50. The molecular formula is C10H14O. The van der Waals surface area contributed by atoms with Crippen molar-refractivity contribution >= 4 is 0 Å². The van der Waals surface area contributed by atoms with Gasteiger partial charge in [0.2, 0.25) is 0 Å². The van der Waals surface area contributed by atoms with Crippen molar-refractivity contribution in [3.63, 3.8) is 0 Å². The first-order valence-electron chi connectivity index (χ1n) is 4.31. The number of methoxy groups -OCH3 is 1. The van der Waals surface area contributed by atoms with Gasteiger partial charge in [0, 0.05) is 6.42 Å². The van der Waals surface area contributed by atoms with Gasteiger partial charge in [0.05, 0.1) is 12.9 Å². The quantitative estimate of drug-likeness (QED) is 0.522. The molecule has 0 aromatic carbocycles. The highest BCUT2D eigenvalue weighted by Gasteiger charge is 2.25. The molecule has 2 aliphatic carbocycles. The summed E-state index contributed by atoms with van der Waals surface area (Å²) >= 11 is 0. The van der Waals surface area contributed by atoms with E-state index in [9.17, 15) is 0 Å². The van der Waals surface area contributed by atoms with E-state index in [-0.39, 0.29) is 0 Å². The lowest BCUT2D eigenvalue weighted by Crippen LogP contribution is -2.12. The second-order valence-corrected chi connectivity index (χ2v) is 3.37. The van der Waals surface area contributed by atoms with Crippen LogP contribution in [0.2, 0.25) is 0 Å². The van der Waals surface area contributed by atoms with Crippen molar-refractivity contribution in [2.24, 2.45) is 11.8 Å². The van der Waals surface area contributed by atoms with E-state index in [2.05, 4.69) is 18.2 Å². The van der Waals surface area contributed by atoms with E-state index in [0.717, 1.165) is 18.3 Å². The molecule has 0 spiro atoms. The third-order valence-electron chi connectivity index (χ3n) is 2.73. The minimum absolute atomic E-state index is 0.749. The van der Waals surface area contributed by atoms with Crippen molar-refractivity contribution in [1.29, 1.82) is 0 Å². The van der Waals surface area contributed by atoms with Crippen LogP contribution in [-0.4, -0.2) is 7.11 Å². The number of allylic oxidation sites excluding steroid dienone is 4. The Labute approximate surface area is 67.7 Å². The Morgan fingerprint density at radius 2 is 2.36 bits per heavy atom. The highest BCUT2D eigenvalue weighted by molar-refractivity contribution is 5.14. The van der Waals surface area contributed by atoms with E-state index in [4.69, 9.17) is 4.74 Å². The van der Waals surface area contributed by atoms with Gasteiger partial charge in [0.1, 0.15) is 0 Å². The van der Waals surface area contributed by atoms with E-state index in [0.29, 0.717) is 0 Å². The van der Waals surface area contributed by atoms with Crippen molar-refractivity contribution in [3.8, 4) is 0 Å². The molecule has 0 saturated heterocycles. The predicted molar refractivity (Wildman–Crippen MR) is 45.1 cm³/mol. The molecule has 0 fully saturated rings. The fourth-order valence-electron chi connectivity index (χ4n) is 2.03. The number of hydrogen-bond donors (Lipinski definition) is 0. The number of rotatable bonds is 1. The molecule has 0 radical (unpaired) electrons. The molecule has 0 bridgehead atoms. The Morgan fingerprint density at radius 3 is 3.18 bits per heavy atom. The molecule has 0 aromatic heterocycles. The van der Waals surface area contributed by atoms with Crippen LogP contribution in [0.3, 0.4) is 0 Å². The molecule has 0 unspecified atom stereocenters. The van der Waals surface area contributed by atoms with Crippen LogP contribution in [0.15, 0.2) is 24.0 Å². The number of ether oxygens (including phenoxy) is 1. The molecule has 1 heteroatoms. The second-order valence-electron chi connectivity index (χ2n) is 3.37. The Balaban J connectivity index is 2.11. The van der Waals surface area contributed by atoms with Crippen molar-refractivity contribution in [2.75, 3.05) is 7.11 Å². The van der Waals surface area contributed by atoms with Gasteiger partial charge in [-0.25, -0.2) is 0 Å². The summed E-state index contributed by atoms with van der Waals surface area (Å²) in [5, 5.41) is 0. The molecule has 0 amide bonds. The predicted octanol–water partition coefficient (Wildman–Crippen LogP) is 2.50. The molecule has 2 rings (SSSR count). The number of hydrogen-bond acceptors (Lipinski definition) is 1. The highest BCUT2D eigenvalue weighted by atomic mass is 16.5. The van der Waals surface area contributed by atoms with Crippen LogP contribution >= 0.6 is 0 Å². The van der Waals surface area contributed by atoms with Crippen LogP contribution in [0.4, 0.5) is 0 Å². The molecular weight excluding hydrogens is 136 g/mol. The lowest BCUT2D eigenvalue weighted by Gasteiger charge is -2.22. The summed E-state index contributed by atoms with van der Waals surface area (Å²) in [6.45, 7) is 0. The monoisotopic (exact) mass is 150 g/mol. The zero-order valence-corrected chi connectivity index (χ0v) is 6.92. The van der Waals surface area contributed by atoms with E-state index in [1.165, 1.54) is 18.6 Å². The van der Waals surface area contributed by atoms with E-state index in [1.54, 1.807) is 7.11 Å². The summed E-state index contributed by atoms with van der Waals surface area (Å²) in [6, 6.07) is 0. The van der Waals surface area contributed by atoms with Crippen molar-refractivity contribution in [3.05, 3.63) is 24.0 Å². The Morgan fingerprint density at radius 1 is 1.45 bits per heavy atom. The molecule has 11 heavy (non-hydrogen) atoms. The topological polar surface area (TPSA) is 9.23 Å². The van der Waals surface area contributed by atoms with Crippen molar-refractivity contribution < 1.29 is 4.74 Å². The molecule has 1 nitrogen and oxygen atoms in total. The Hall–Kier alpha value is -0.720. The fourth-order valence-corrected chi connectivity index (χ4v) is 2.03. The van der Waals surface area contributed by atoms with Crippen molar-refractivity contribution in [2.45, 2.75) is 19.3 Å². The molecule has 0 N–H and O–H groups in total. The molecule has 0 aromatic rings. The van der Waals surface area contributed by atoms with E-state index >= 15 is 0 Å². The molecule has 2 atom stereocenters. The van der Waals surface area contributed by atoms with Gasteiger partial charge in [-0.05, 0) is 30.8 Å². The largest absolute Gasteiger partial charge is 0.501 e. The fraction of sp³-hybridized carbons (Fsp3) is 0.600. The highest BCUT2D eigenvalue weighted by Crippen LogP contribution is 2.36. The van der Waals surface area contributed by atoms with Gasteiger partial charge < -0.3 is 4.74 Å². The summed E-state index contributed by atoms with van der Waals surface area (Å²) in [6.07, 6.45) is 10.6. The smallest absolute Gasteiger partial charge is 0.0919 e. The summed E-state index contributed by atoms with van der Waals surface area (Å²) in [7, 11) is 1.77. The summed E-state index contributed by atoms with van der Waals surface area (Å²) in [4.78, 5) is 0. The van der Waals surface area contributed by atoms with Crippen molar-refractivity contribution in [1.82, 2.24) is 0 Å². The minimum atomic E-state index is 0.749.